The van der Waals surface area contributed by atoms with E-state index in [4.69, 9.17) is 9.98 Å². The van der Waals surface area contributed by atoms with Crippen molar-refractivity contribution >= 4 is 22.8 Å². The van der Waals surface area contributed by atoms with Crippen LogP contribution in [0.2, 0.25) is 0 Å². The first-order valence-corrected chi connectivity index (χ1v) is 37.7. The summed E-state index contributed by atoms with van der Waals surface area (Å²) in [5.74, 6) is 0. The van der Waals surface area contributed by atoms with Crippen molar-refractivity contribution in [1.82, 2.24) is 0 Å². The van der Waals surface area contributed by atoms with Gasteiger partial charge >= 0.3 is 0 Å². The molecule has 0 saturated heterocycles. The lowest BCUT2D eigenvalue weighted by molar-refractivity contribution is 0.518. The maximum Gasteiger partial charge on any atom is 0.0848 e. The largest absolute Gasteiger partial charge is 0.251 e. The Balaban J connectivity index is 1.93. The van der Waals surface area contributed by atoms with E-state index in [1.165, 1.54) is 376 Å². The first kappa shape index (κ1) is 75.6. The van der Waals surface area contributed by atoms with Crippen LogP contribution in [0.4, 0.5) is 11.4 Å². The molecule has 0 N–H and O–H groups in total. The van der Waals surface area contributed by atoms with Crippen molar-refractivity contribution < 1.29 is 0 Å². The van der Waals surface area contributed by atoms with Gasteiger partial charge in [0.15, 0.2) is 0 Å². The summed E-state index contributed by atoms with van der Waals surface area (Å²) < 4.78 is 0. The summed E-state index contributed by atoms with van der Waals surface area (Å²) >= 11 is 0. The molecule has 0 amide bonds. The third kappa shape index (κ3) is 47.7. The monoisotopic (exact) mass is 1130 g/mol. The van der Waals surface area contributed by atoms with Crippen LogP contribution in [-0.2, 0) is 19.3 Å². The highest BCUT2D eigenvalue weighted by Gasteiger charge is 2.11. The van der Waals surface area contributed by atoms with E-state index < -0.39 is 0 Å². The molecule has 472 valence electrons. The second-order valence-corrected chi connectivity index (χ2v) is 26.2. The van der Waals surface area contributed by atoms with Crippen LogP contribution < -0.4 is 0 Å². The topological polar surface area (TPSA) is 24.7 Å². The molecule has 0 spiro atoms. The number of hydrogen-bond acceptors (Lipinski definition) is 2. The van der Waals surface area contributed by atoms with Crippen molar-refractivity contribution in [2.45, 2.75) is 413 Å². The van der Waals surface area contributed by atoms with Gasteiger partial charge < -0.3 is 0 Å². The third-order valence-electron chi connectivity index (χ3n) is 18.0. The number of allylic oxidation sites excluding steroid dienone is 2. The predicted molar refractivity (Wildman–Crippen MR) is 374 cm³/mol. The number of aryl methyl sites for hydroxylation is 3. The summed E-state index contributed by atoms with van der Waals surface area (Å²) in [7, 11) is 0. The summed E-state index contributed by atoms with van der Waals surface area (Å²) in [6.07, 6.45) is 85.9. The van der Waals surface area contributed by atoms with E-state index in [9.17, 15) is 0 Å². The number of hydrogen-bond donors (Lipinski definition) is 0. The second kappa shape index (κ2) is 60.2. The van der Waals surface area contributed by atoms with Gasteiger partial charge in [-0.25, -0.2) is 4.99 Å². The molecule has 0 fully saturated rings. The van der Waals surface area contributed by atoms with Crippen LogP contribution >= 0.6 is 0 Å². The molecule has 82 heavy (non-hydrogen) atoms. The first-order valence-electron chi connectivity index (χ1n) is 37.7. The average molecular weight is 1130 g/mol. The molecule has 2 nitrogen and oxygen atoms in total. The summed E-state index contributed by atoms with van der Waals surface area (Å²) in [6, 6.07) is 16.6. The first-order chi connectivity index (χ1) is 40.6. The minimum absolute atomic E-state index is 0.982. The van der Waals surface area contributed by atoms with Crippen LogP contribution in [0.3, 0.4) is 0 Å². The SMILES string of the molecule is CCCCCCCCCCCCCCCCCCCCCC=CC(=Nc1cc(CCCCC)cc(CCCCC)c1)C(CCCCCCCC)=Nc1ccc(CCCCCCCCCCCCCCCCCCCCCCCCC)cc1. The Hall–Kier alpha value is -2.48. The van der Waals surface area contributed by atoms with Gasteiger partial charge in [-0.3, -0.25) is 4.99 Å². The molecule has 0 saturated carbocycles. The summed E-state index contributed by atoms with van der Waals surface area (Å²) in [5.41, 5.74) is 8.86. The third-order valence-corrected chi connectivity index (χ3v) is 18.0. The fourth-order valence-corrected chi connectivity index (χ4v) is 12.4. The fraction of sp³-hybridized carbons (Fsp3) is 0.800. The normalized spacial score (nSPS) is 12.3. The number of unbranched alkanes of at least 4 members (excludes halogenated alkanes) is 50. The van der Waals surface area contributed by atoms with Gasteiger partial charge in [0.2, 0.25) is 0 Å². The Kier molecular flexibility index (Phi) is 55.5. The Labute approximate surface area is 514 Å². The molecule has 2 heteroatoms. The fourth-order valence-electron chi connectivity index (χ4n) is 12.4. The zero-order valence-electron chi connectivity index (χ0n) is 56.3. The Morgan fingerprint density at radius 3 is 0.902 bits per heavy atom. The number of rotatable bonds is 63. The molecule has 0 bridgehead atoms. The van der Waals surface area contributed by atoms with Gasteiger partial charge in [0.25, 0.3) is 0 Å². The second-order valence-electron chi connectivity index (χ2n) is 26.2. The van der Waals surface area contributed by atoms with E-state index >= 15 is 0 Å². The lowest BCUT2D eigenvalue weighted by Gasteiger charge is -2.12. The maximum atomic E-state index is 5.62. The standard InChI is InChI=1S/C80H142N2/c1-6-11-16-19-22-24-26-28-30-32-34-36-37-39-40-42-44-46-48-50-52-54-59-62-74-67-69-77(70-68-74)81-79(65-60-55-21-18-13-8-3)80(82-78-72-75(63-57-14-9-4)71-76(73-78)64-58-15-10-5)66-61-56-53-51-49-47-45-43-41-38-35-33-31-29-27-25-23-20-17-12-7-2/h61,66-73H,6-60,62-65H2,1-5H3. The van der Waals surface area contributed by atoms with Crippen LogP contribution in [0.5, 0.6) is 0 Å². The van der Waals surface area contributed by atoms with E-state index in [0.29, 0.717) is 0 Å². The molecular formula is C80H142N2. The zero-order chi connectivity index (χ0) is 58.5. The van der Waals surface area contributed by atoms with Crippen molar-refractivity contribution in [3.8, 4) is 0 Å². The average Bonchev–Trinajstić information content (AvgIpc) is 3.62. The van der Waals surface area contributed by atoms with Gasteiger partial charge in [0.1, 0.15) is 0 Å². The smallest absolute Gasteiger partial charge is 0.0848 e. The minimum atomic E-state index is 0.982. The molecule has 0 radical (unpaired) electrons. The molecule has 2 aromatic rings. The Morgan fingerprint density at radius 2 is 0.549 bits per heavy atom. The van der Waals surface area contributed by atoms with Crippen LogP contribution in [-0.4, -0.2) is 11.4 Å². The van der Waals surface area contributed by atoms with Crippen molar-refractivity contribution in [2.24, 2.45) is 9.98 Å². The van der Waals surface area contributed by atoms with Crippen molar-refractivity contribution in [1.29, 1.82) is 0 Å². The minimum Gasteiger partial charge on any atom is -0.251 e. The summed E-state index contributed by atoms with van der Waals surface area (Å²) in [5, 5.41) is 0. The molecule has 0 unspecified atom stereocenters. The van der Waals surface area contributed by atoms with E-state index in [1.807, 2.05) is 0 Å². The van der Waals surface area contributed by atoms with Gasteiger partial charge in [-0.05, 0) is 111 Å². The van der Waals surface area contributed by atoms with Crippen LogP contribution in [0.1, 0.15) is 411 Å². The highest BCUT2D eigenvalue weighted by Crippen LogP contribution is 2.26. The lowest BCUT2D eigenvalue weighted by Crippen LogP contribution is -2.12. The Bertz CT molecular complexity index is 1680. The molecule has 0 heterocycles. The number of aliphatic imine (C=N–C) groups is 2. The number of benzene rings is 2. The Morgan fingerprint density at radius 1 is 0.268 bits per heavy atom. The lowest BCUT2D eigenvalue weighted by atomic mass is 9.99. The van der Waals surface area contributed by atoms with Crippen molar-refractivity contribution in [3.63, 3.8) is 0 Å². The van der Waals surface area contributed by atoms with Gasteiger partial charge in [-0.2, -0.15) is 0 Å². The van der Waals surface area contributed by atoms with E-state index in [0.717, 1.165) is 42.8 Å². The van der Waals surface area contributed by atoms with E-state index in [1.54, 1.807) is 0 Å². The molecule has 0 aromatic heterocycles. The molecule has 2 aromatic carbocycles. The highest BCUT2D eigenvalue weighted by molar-refractivity contribution is 6.47. The van der Waals surface area contributed by atoms with Crippen LogP contribution in [0.25, 0.3) is 0 Å². The molecular weight excluding hydrogens is 989 g/mol. The van der Waals surface area contributed by atoms with Gasteiger partial charge in [-0.1, -0.05) is 374 Å². The molecule has 0 aliphatic heterocycles. The number of nitrogens with zero attached hydrogens (tertiary/aromatic N) is 2. The zero-order valence-corrected chi connectivity index (χ0v) is 56.3. The maximum absolute atomic E-state index is 5.62. The van der Waals surface area contributed by atoms with Gasteiger partial charge in [0, 0.05) is 0 Å². The van der Waals surface area contributed by atoms with Gasteiger partial charge in [-0.15, -0.1) is 0 Å². The summed E-state index contributed by atoms with van der Waals surface area (Å²) in [4.78, 5) is 11.1. The molecule has 0 aliphatic rings. The van der Waals surface area contributed by atoms with Gasteiger partial charge in [0.05, 0.1) is 22.8 Å². The highest BCUT2D eigenvalue weighted by atomic mass is 14.8. The van der Waals surface area contributed by atoms with E-state index in [2.05, 4.69) is 89.2 Å². The summed E-state index contributed by atoms with van der Waals surface area (Å²) in [6.45, 7) is 11.6. The molecule has 2 rings (SSSR count). The molecule has 0 atom stereocenters. The predicted octanol–water partition coefficient (Wildman–Crippen LogP) is 28.7. The van der Waals surface area contributed by atoms with Crippen molar-refractivity contribution in [3.05, 3.63) is 71.3 Å². The van der Waals surface area contributed by atoms with Crippen LogP contribution in [0.15, 0.2) is 64.6 Å². The van der Waals surface area contributed by atoms with Crippen LogP contribution in [0, 0.1) is 0 Å². The quantitative estimate of drug-likeness (QED) is 0.0466. The molecule has 0 aliphatic carbocycles. The van der Waals surface area contributed by atoms with E-state index in [-0.39, 0.29) is 0 Å². The van der Waals surface area contributed by atoms with Crippen molar-refractivity contribution in [2.75, 3.05) is 0 Å².